The normalized spacial score (nSPS) is 11.1. The Hall–Kier alpha value is -3.94. The van der Waals surface area contributed by atoms with Crippen molar-refractivity contribution >= 4 is 40.1 Å². The van der Waals surface area contributed by atoms with Gasteiger partial charge < -0.3 is 14.0 Å². The summed E-state index contributed by atoms with van der Waals surface area (Å²) in [5.41, 5.74) is 4.98. The lowest BCUT2D eigenvalue weighted by Crippen LogP contribution is -2.03. The third-order valence-corrected chi connectivity index (χ3v) is 6.66. The Morgan fingerprint density at radius 2 is 1.71 bits per heavy atom. The van der Waals surface area contributed by atoms with Crippen LogP contribution in [-0.2, 0) is 17.8 Å². The van der Waals surface area contributed by atoms with Crippen molar-refractivity contribution in [3.63, 3.8) is 0 Å². The molecular weight excluding hydrogens is 525 g/mol. The lowest BCUT2D eigenvalue weighted by molar-refractivity contribution is 0.0594. The lowest BCUT2D eigenvalue weighted by Gasteiger charge is -2.10. The van der Waals surface area contributed by atoms with Gasteiger partial charge in [-0.05, 0) is 47.9 Å². The number of carbonyl (C=O) groups is 1. The molecule has 2 aromatic carbocycles. The molecule has 5 aromatic rings. The molecule has 0 atom stereocenters. The quantitative estimate of drug-likeness (QED) is 0.185. The topological polar surface area (TPSA) is 87.3 Å². The van der Waals surface area contributed by atoms with E-state index >= 15 is 0 Å². The van der Waals surface area contributed by atoms with Gasteiger partial charge >= 0.3 is 5.97 Å². The number of fused-ring (bicyclic) bond motifs is 1. The first-order valence-electron chi connectivity index (χ1n) is 12.0. The van der Waals surface area contributed by atoms with Gasteiger partial charge in [0.05, 0.1) is 28.2 Å². The Morgan fingerprint density at radius 1 is 0.974 bits per heavy atom. The van der Waals surface area contributed by atoms with Gasteiger partial charge in [0.1, 0.15) is 29.5 Å². The predicted molar refractivity (Wildman–Crippen MR) is 147 cm³/mol. The standard InChI is InChI=1S/C29H23Cl2N3O4/c1-3-4-26-21(28(34-38-26)27-22(30)14-32-15-23(27)31)16-37-20-9-5-17(6-10-20)18-7-11-24-19(13-18)8-12-25(33-24)29(35)36-2/h5-15H,3-4,16H2,1-2H3. The first-order valence-corrected chi connectivity index (χ1v) is 12.7. The molecule has 3 heterocycles. The summed E-state index contributed by atoms with van der Waals surface area (Å²) in [5, 5.41) is 5.97. The molecule has 0 radical (unpaired) electrons. The SMILES string of the molecule is CCCc1onc(-c2c(Cl)cncc2Cl)c1COc1ccc(-c2ccc3nc(C(=O)OC)ccc3c2)cc1. The minimum atomic E-state index is -0.460. The third kappa shape index (κ3) is 5.21. The molecule has 192 valence electrons. The number of aryl methyl sites for hydroxylation is 1. The summed E-state index contributed by atoms with van der Waals surface area (Å²) in [5.74, 6) is 0.974. The second-order valence-electron chi connectivity index (χ2n) is 8.57. The van der Waals surface area contributed by atoms with Gasteiger partial charge in [-0.2, -0.15) is 0 Å². The predicted octanol–water partition coefficient (Wildman–Crippen LogP) is 7.58. The molecule has 0 amide bonds. The zero-order valence-corrected chi connectivity index (χ0v) is 22.2. The Bertz CT molecular complexity index is 1600. The van der Waals surface area contributed by atoms with E-state index < -0.39 is 5.97 Å². The van der Waals surface area contributed by atoms with Crippen LogP contribution in [0.15, 0.2) is 71.5 Å². The third-order valence-electron chi connectivity index (χ3n) is 6.09. The lowest BCUT2D eigenvalue weighted by atomic mass is 10.0. The molecular formula is C29H23Cl2N3O4. The van der Waals surface area contributed by atoms with Crippen molar-refractivity contribution in [3.8, 4) is 28.1 Å². The molecule has 0 aliphatic heterocycles. The van der Waals surface area contributed by atoms with Crippen LogP contribution in [0.2, 0.25) is 10.0 Å². The van der Waals surface area contributed by atoms with Crippen LogP contribution in [0, 0.1) is 0 Å². The smallest absolute Gasteiger partial charge is 0.356 e. The summed E-state index contributed by atoms with van der Waals surface area (Å²) in [6, 6.07) is 17.2. The number of aromatic nitrogens is 3. The molecule has 3 aromatic heterocycles. The second kappa shape index (κ2) is 11.2. The number of carbonyl (C=O) groups excluding carboxylic acids is 1. The number of rotatable bonds is 8. The molecule has 0 saturated heterocycles. The number of hydrogen-bond donors (Lipinski definition) is 0. The molecule has 9 heteroatoms. The first-order chi connectivity index (χ1) is 18.5. The van der Waals surface area contributed by atoms with Gasteiger partial charge in [0.15, 0.2) is 0 Å². The molecule has 7 nitrogen and oxygen atoms in total. The highest BCUT2D eigenvalue weighted by Crippen LogP contribution is 2.37. The van der Waals surface area contributed by atoms with E-state index in [1.54, 1.807) is 6.07 Å². The molecule has 0 saturated carbocycles. The average molecular weight is 548 g/mol. The van der Waals surface area contributed by atoms with E-state index in [9.17, 15) is 4.79 Å². The summed E-state index contributed by atoms with van der Waals surface area (Å²) in [6.45, 7) is 2.31. The highest BCUT2D eigenvalue weighted by atomic mass is 35.5. The Morgan fingerprint density at radius 3 is 2.42 bits per heavy atom. The van der Waals surface area contributed by atoms with E-state index in [0.717, 1.165) is 39.8 Å². The largest absolute Gasteiger partial charge is 0.489 e. The van der Waals surface area contributed by atoms with Crippen LogP contribution in [0.3, 0.4) is 0 Å². The van der Waals surface area contributed by atoms with E-state index in [4.69, 9.17) is 37.2 Å². The van der Waals surface area contributed by atoms with Crippen molar-refractivity contribution in [2.45, 2.75) is 26.4 Å². The monoisotopic (exact) mass is 547 g/mol. The van der Waals surface area contributed by atoms with E-state index in [1.165, 1.54) is 19.5 Å². The molecule has 0 fully saturated rings. The molecule has 5 rings (SSSR count). The van der Waals surface area contributed by atoms with E-state index in [0.29, 0.717) is 33.5 Å². The minimum Gasteiger partial charge on any atom is -0.489 e. The van der Waals surface area contributed by atoms with E-state index in [2.05, 4.69) is 22.0 Å². The number of nitrogens with zero attached hydrogens (tertiary/aromatic N) is 3. The zero-order chi connectivity index (χ0) is 26.6. The van der Waals surface area contributed by atoms with Crippen molar-refractivity contribution in [3.05, 3.63) is 94.1 Å². The van der Waals surface area contributed by atoms with Gasteiger partial charge in [-0.3, -0.25) is 4.98 Å². The maximum atomic E-state index is 11.8. The van der Waals surface area contributed by atoms with E-state index in [1.807, 2.05) is 48.5 Å². The fourth-order valence-electron chi connectivity index (χ4n) is 4.17. The summed E-state index contributed by atoms with van der Waals surface area (Å²) in [4.78, 5) is 20.2. The van der Waals surface area contributed by atoms with Gasteiger partial charge in [-0.1, -0.05) is 59.5 Å². The summed E-state index contributed by atoms with van der Waals surface area (Å²) < 4.78 is 16.5. The van der Waals surface area contributed by atoms with Gasteiger partial charge in [0.25, 0.3) is 0 Å². The van der Waals surface area contributed by atoms with Crippen LogP contribution in [0.1, 0.15) is 35.2 Å². The number of benzene rings is 2. The van der Waals surface area contributed by atoms with Crippen molar-refractivity contribution in [1.29, 1.82) is 0 Å². The summed E-state index contributed by atoms with van der Waals surface area (Å²) >= 11 is 12.8. The van der Waals surface area contributed by atoms with Gasteiger partial charge in [-0.15, -0.1) is 0 Å². The molecule has 0 unspecified atom stereocenters. The van der Waals surface area contributed by atoms with E-state index in [-0.39, 0.29) is 12.3 Å². The van der Waals surface area contributed by atoms with Crippen LogP contribution in [0.5, 0.6) is 5.75 Å². The summed E-state index contributed by atoms with van der Waals surface area (Å²) in [6.07, 6.45) is 4.66. The summed E-state index contributed by atoms with van der Waals surface area (Å²) in [7, 11) is 1.34. The maximum Gasteiger partial charge on any atom is 0.356 e. The van der Waals surface area contributed by atoms with Crippen molar-refractivity contribution in [2.75, 3.05) is 7.11 Å². The van der Waals surface area contributed by atoms with Crippen molar-refractivity contribution in [2.24, 2.45) is 0 Å². The van der Waals surface area contributed by atoms with Crippen molar-refractivity contribution in [1.82, 2.24) is 15.1 Å². The molecule has 0 aliphatic rings. The fourth-order valence-corrected chi connectivity index (χ4v) is 4.72. The molecule has 38 heavy (non-hydrogen) atoms. The van der Waals surface area contributed by atoms with Crippen LogP contribution < -0.4 is 4.74 Å². The Kier molecular flexibility index (Phi) is 7.58. The number of hydrogen-bond acceptors (Lipinski definition) is 7. The highest BCUT2D eigenvalue weighted by molar-refractivity contribution is 6.38. The second-order valence-corrected chi connectivity index (χ2v) is 9.38. The number of pyridine rings is 2. The highest BCUT2D eigenvalue weighted by Gasteiger charge is 2.22. The van der Waals surface area contributed by atoms with Gasteiger partial charge in [-0.25, -0.2) is 9.78 Å². The number of ether oxygens (including phenoxy) is 2. The van der Waals surface area contributed by atoms with Crippen LogP contribution in [0.4, 0.5) is 0 Å². The van der Waals surface area contributed by atoms with Crippen LogP contribution >= 0.6 is 23.2 Å². The van der Waals surface area contributed by atoms with Gasteiger partial charge in [0.2, 0.25) is 0 Å². The zero-order valence-electron chi connectivity index (χ0n) is 20.7. The average Bonchev–Trinajstić information content (AvgIpc) is 3.33. The van der Waals surface area contributed by atoms with Crippen molar-refractivity contribution < 1.29 is 18.8 Å². The Balaban J connectivity index is 1.36. The first kappa shape index (κ1) is 25.7. The number of methoxy groups -OCH3 is 1. The van der Waals surface area contributed by atoms with Crippen LogP contribution in [0.25, 0.3) is 33.3 Å². The maximum absolute atomic E-state index is 11.8. The fraction of sp³-hybridized carbons (Fsp3) is 0.172. The Labute approximate surface area is 229 Å². The molecule has 0 N–H and O–H groups in total. The number of halogens is 2. The molecule has 0 aliphatic carbocycles. The molecule has 0 spiro atoms. The van der Waals surface area contributed by atoms with Gasteiger partial charge in [0, 0.05) is 29.8 Å². The molecule has 0 bridgehead atoms. The minimum absolute atomic E-state index is 0.243. The van der Waals surface area contributed by atoms with Crippen LogP contribution in [-0.4, -0.2) is 28.2 Å². The number of esters is 1.